The van der Waals surface area contributed by atoms with Gasteiger partial charge in [0.05, 0.1) is 20.3 Å². The number of fused-ring (bicyclic) bond motifs is 1. The molecule has 0 aliphatic heterocycles. The normalized spacial score (nSPS) is 11.2. The van der Waals surface area contributed by atoms with Crippen molar-refractivity contribution in [2.75, 3.05) is 13.7 Å². The van der Waals surface area contributed by atoms with Crippen LogP contribution in [0.4, 0.5) is 0 Å². The second-order valence-corrected chi connectivity index (χ2v) is 7.97. The van der Waals surface area contributed by atoms with Gasteiger partial charge >= 0.3 is 0 Å². The number of hydrogen-bond donors (Lipinski definition) is 0. The van der Waals surface area contributed by atoms with Gasteiger partial charge in [0.1, 0.15) is 12.9 Å². The Balaban J connectivity index is 1.38. The highest BCUT2D eigenvalue weighted by atomic mass is 35.5. The Hall–Kier alpha value is -4.25. The van der Waals surface area contributed by atoms with E-state index in [1.807, 2.05) is 25.1 Å². The Morgan fingerprint density at radius 2 is 2.00 bits per heavy atom. The first-order valence-electron chi connectivity index (χ1n) is 10.7. The lowest BCUT2D eigenvalue weighted by molar-refractivity contribution is 0.311. The van der Waals surface area contributed by atoms with Crippen molar-refractivity contribution < 1.29 is 14.0 Å². The lowest BCUT2D eigenvalue weighted by atomic mass is 10.2. The van der Waals surface area contributed by atoms with Crippen LogP contribution in [0.2, 0.25) is 5.02 Å². The van der Waals surface area contributed by atoms with Gasteiger partial charge in [-0.05, 0) is 42.8 Å². The Kier molecular flexibility index (Phi) is 6.15. The average molecular weight is 494 g/mol. The fourth-order valence-corrected chi connectivity index (χ4v) is 3.79. The van der Waals surface area contributed by atoms with E-state index in [2.05, 4.69) is 25.4 Å². The molecule has 0 fully saturated rings. The minimum absolute atomic E-state index is 0.0318. The molecule has 178 valence electrons. The highest BCUT2D eigenvalue weighted by Crippen LogP contribution is 2.31. The standard InChI is InChI=1S/C23H20ClN7O4/c1-3-34-17-8-7-15(10-18(17)33-2)21-26-19(35-28-21)12-30-13-25-22-20(23(30)32)27-29-31(22)11-14-5-4-6-16(24)9-14/h4-10,13H,3,11-12H2,1-2H3. The molecule has 2 aromatic carbocycles. The number of methoxy groups -OCH3 is 1. The average Bonchev–Trinajstić information content (AvgIpc) is 3.49. The van der Waals surface area contributed by atoms with Crippen molar-refractivity contribution in [2.45, 2.75) is 20.0 Å². The summed E-state index contributed by atoms with van der Waals surface area (Å²) >= 11 is 6.06. The maximum atomic E-state index is 13.0. The number of benzene rings is 2. The molecule has 0 radical (unpaired) electrons. The van der Waals surface area contributed by atoms with Crippen molar-refractivity contribution in [3.8, 4) is 22.9 Å². The fourth-order valence-electron chi connectivity index (χ4n) is 3.58. The van der Waals surface area contributed by atoms with E-state index in [1.54, 1.807) is 36.1 Å². The number of ether oxygens (including phenoxy) is 2. The first kappa shape index (κ1) is 22.5. The summed E-state index contributed by atoms with van der Waals surface area (Å²) in [5.41, 5.74) is 1.75. The predicted molar refractivity (Wildman–Crippen MR) is 127 cm³/mol. The quantitative estimate of drug-likeness (QED) is 0.320. The molecule has 0 saturated carbocycles. The Bertz CT molecular complexity index is 1560. The number of nitrogens with zero attached hydrogens (tertiary/aromatic N) is 7. The first-order valence-corrected chi connectivity index (χ1v) is 11.1. The second-order valence-electron chi connectivity index (χ2n) is 7.54. The highest BCUT2D eigenvalue weighted by molar-refractivity contribution is 6.30. The summed E-state index contributed by atoms with van der Waals surface area (Å²) in [6.07, 6.45) is 1.41. The van der Waals surface area contributed by atoms with Gasteiger partial charge in [-0.1, -0.05) is 34.1 Å². The molecule has 0 amide bonds. The zero-order chi connectivity index (χ0) is 24.4. The molecule has 3 heterocycles. The van der Waals surface area contributed by atoms with Gasteiger partial charge in [-0.2, -0.15) is 4.98 Å². The van der Waals surface area contributed by atoms with Crippen LogP contribution in [-0.2, 0) is 13.1 Å². The van der Waals surface area contributed by atoms with Gasteiger partial charge in [0.25, 0.3) is 5.56 Å². The third-order valence-corrected chi connectivity index (χ3v) is 5.44. The van der Waals surface area contributed by atoms with Crippen molar-refractivity contribution in [2.24, 2.45) is 0 Å². The third kappa shape index (κ3) is 4.58. The summed E-state index contributed by atoms with van der Waals surface area (Å²) in [6.45, 7) is 2.83. The molecule has 5 rings (SSSR count). The number of rotatable bonds is 8. The van der Waals surface area contributed by atoms with Crippen LogP contribution in [0.15, 0.2) is 58.1 Å². The fraction of sp³-hybridized carbons (Fsp3) is 0.217. The SMILES string of the molecule is CCOc1ccc(-c2noc(Cn3cnc4c(nnn4Cc4cccc(Cl)c4)c3=O)n2)cc1OC. The Morgan fingerprint density at radius 1 is 1.11 bits per heavy atom. The molecule has 0 saturated heterocycles. The second kappa shape index (κ2) is 9.55. The topological polar surface area (TPSA) is 123 Å². The molecule has 12 heteroatoms. The molecule has 0 bridgehead atoms. The Morgan fingerprint density at radius 3 is 2.80 bits per heavy atom. The van der Waals surface area contributed by atoms with E-state index in [4.69, 9.17) is 25.6 Å². The summed E-state index contributed by atoms with van der Waals surface area (Å²) in [6, 6.07) is 12.7. The molecule has 11 nitrogen and oxygen atoms in total. The van der Waals surface area contributed by atoms with Crippen molar-refractivity contribution in [3.05, 3.63) is 75.6 Å². The van der Waals surface area contributed by atoms with Crippen LogP contribution in [0.25, 0.3) is 22.6 Å². The van der Waals surface area contributed by atoms with Crippen LogP contribution in [-0.4, -0.2) is 48.4 Å². The van der Waals surface area contributed by atoms with E-state index in [1.165, 1.54) is 10.9 Å². The van der Waals surface area contributed by atoms with Crippen LogP contribution in [0, 0.1) is 0 Å². The summed E-state index contributed by atoms with van der Waals surface area (Å²) in [4.78, 5) is 21.8. The molecule has 0 unspecified atom stereocenters. The van der Waals surface area contributed by atoms with Crippen LogP contribution >= 0.6 is 11.6 Å². The van der Waals surface area contributed by atoms with Gasteiger partial charge in [0, 0.05) is 10.6 Å². The number of hydrogen-bond acceptors (Lipinski definition) is 9. The molecular weight excluding hydrogens is 474 g/mol. The lowest BCUT2D eigenvalue weighted by Gasteiger charge is -2.09. The molecule has 0 spiro atoms. The van der Waals surface area contributed by atoms with E-state index in [9.17, 15) is 4.79 Å². The van der Waals surface area contributed by atoms with Gasteiger partial charge in [-0.15, -0.1) is 5.10 Å². The largest absolute Gasteiger partial charge is 0.493 e. The van der Waals surface area contributed by atoms with Gasteiger partial charge in [-0.3, -0.25) is 9.36 Å². The van der Waals surface area contributed by atoms with Crippen molar-refractivity contribution in [3.63, 3.8) is 0 Å². The zero-order valence-corrected chi connectivity index (χ0v) is 19.6. The van der Waals surface area contributed by atoms with Gasteiger partial charge in [0.15, 0.2) is 22.7 Å². The molecule has 35 heavy (non-hydrogen) atoms. The summed E-state index contributed by atoms with van der Waals surface area (Å²) in [5.74, 6) is 1.78. The van der Waals surface area contributed by atoms with E-state index < -0.39 is 0 Å². The van der Waals surface area contributed by atoms with E-state index in [0.717, 1.165) is 5.56 Å². The van der Waals surface area contributed by atoms with E-state index in [0.29, 0.717) is 46.7 Å². The monoisotopic (exact) mass is 493 g/mol. The maximum Gasteiger partial charge on any atom is 0.283 e. The lowest BCUT2D eigenvalue weighted by Crippen LogP contribution is -2.21. The van der Waals surface area contributed by atoms with Crippen molar-refractivity contribution in [1.82, 2.24) is 34.7 Å². The van der Waals surface area contributed by atoms with Gasteiger partial charge in [-0.25, -0.2) is 9.67 Å². The number of halogens is 1. The molecule has 0 N–H and O–H groups in total. The molecule has 5 aromatic rings. The zero-order valence-electron chi connectivity index (χ0n) is 18.9. The van der Waals surface area contributed by atoms with Gasteiger partial charge < -0.3 is 14.0 Å². The van der Waals surface area contributed by atoms with Crippen LogP contribution in [0.3, 0.4) is 0 Å². The summed E-state index contributed by atoms with van der Waals surface area (Å²) in [5, 5.41) is 12.7. The maximum absolute atomic E-state index is 13.0. The Labute approximate surface area is 203 Å². The number of aromatic nitrogens is 7. The molecule has 0 atom stereocenters. The highest BCUT2D eigenvalue weighted by Gasteiger charge is 2.16. The first-order chi connectivity index (χ1) is 17.1. The predicted octanol–water partition coefficient (Wildman–Crippen LogP) is 3.20. The summed E-state index contributed by atoms with van der Waals surface area (Å²) in [7, 11) is 1.56. The summed E-state index contributed by atoms with van der Waals surface area (Å²) < 4.78 is 19.2. The molecule has 0 aliphatic carbocycles. The smallest absolute Gasteiger partial charge is 0.283 e. The van der Waals surface area contributed by atoms with Crippen LogP contribution in [0.5, 0.6) is 11.5 Å². The van der Waals surface area contributed by atoms with Crippen LogP contribution < -0.4 is 15.0 Å². The third-order valence-electron chi connectivity index (χ3n) is 5.21. The molecule has 3 aromatic heterocycles. The van der Waals surface area contributed by atoms with E-state index >= 15 is 0 Å². The van der Waals surface area contributed by atoms with Crippen LogP contribution in [0.1, 0.15) is 18.4 Å². The van der Waals surface area contributed by atoms with Gasteiger partial charge in [0.2, 0.25) is 11.7 Å². The molecule has 0 aliphatic rings. The van der Waals surface area contributed by atoms with E-state index in [-0.39, 0.29) is 23.5 Å². The van der Waals surface area contributed by atoms with Crippen molar-refractivity contribution >= 4 is 22.8 Å². The molecular formula is C23H20ClN7O4. The minimum atomic E-state index is -0.366. The van der Waals surface area contributed by atoms with Crippen molar-refractivity contribution in [1.29, 1.82) is 0 Å². The minimum Gasteiger partial charge on any atom is -0.493 e.